The zero-order chi connectivity index (χ0) is 19.2. The number of carbonyl (C=O) groups excluding carboxylic acids is 2. The second-order valence-electron chi connectivity index (χ2n) is 6.59. The molecule has 0 aliphatic carbocycles. The number of carbonyl (C=O) groups is 3. The van der Waals surface area contributed by atoms with Crippen molar-refractivity contribution >= 4 is 29.5 Å². The minimum absolute atomic E-state index is 0.195. The molecule has 26 heavy (non-hydrogen) atoms. The second kappa shape index (κ2) is 6.39. The smallest absolute Gasteiger partial charge is 0.327 e. The lowest BCUT2D eigenvalue weighted by Gasteiger charge is -2.43. The summed E-state index contributed by atoms with van der Waals surface area (Å²) >= 11 is 1.37. The number of methoxy groups -OCH3 is 2. The highest BCUT2D eigenvalue weighted by molar-refractivity contribution is 8.01. The largest absolute Gasteiger partial charge is 0.496 e. The molecule has 0 unspecified atom stereocenters. The van der Waals surface area contributed by atoms with Crippen LogP contribution in [-0.2, 0) is 9.59 Å². The Kier molecular flexibility index (Phi) is 4.51. The van der Waals surface area contributed by atoms with Crippen molar-refractivity contribution in [3.8, 4) is 11.5 Å². The van der Waals surface area contributed by atoms with E-state index in [1.165, 1.54) is 30.9 Å². The fourth-order valence-electron chi connectivity index (χ4n) is 3.43. The van der Waals surface area contributed by atoms with Crippen LogP contribution in [0.4, 0.5) is 0 Å². The molecule has 3 atom stereocenters. The second-order valence-corrected chi connectivity index (χ2v) is 8.36. The molecule has 0 spiro atoms. The molecule has 2 N–H and O–H groups in total. The van der Waals surface area contributed by atoms with Crippen molar-refractivity contribution in [2.45, 2.75) is 36.1 Å². The summed E-state index contributed by atoms with van der Waals surface area (Å²) in [5, 5.41) is 11.7. The number of hydrogen-bond donors (Lipinski definition) is 2. The minimum atomic E-state index is -1.05. The summed E-state index contributed by atoms with van der Waals surface area (Å²) in [4.78, 5) is 38.1. The summed E-state index contributed by atoms with van der Waals surface area (Å²) in [6, 6.07) is 3.24. The van der Waals surface area contributed by atoms with Gasteiger partial charge in [-0.05, 0) is 26.0 Å². The first-order chi connectivity index (χ1) is 12.2. The van der Waals surface area contributed by atoms with Gasteiger partial charge in [-0.2, -0.15) is 0 Å². The number of nitrogens with one attached hydrogen (secondary N) is 1. The van der Waals surface area contributed by atoms with Gasteiger partial charge in [0.05, 0.1) is 14.2 Å². The molecule has 0 aromatic heterocycles. The Balaban J connectivity index is 1.83. The quantitative estimate of drug-likeness (QED) is 0.733. The van der Waals surface area contributed by atoms with Crippen LogP contribution in [0.2, 0.25) is 0 Å². The lowest BCUT2D eigenvalue weighted by atomic mass is 9.96. The fraction of sp³-hybridized carbons (Fsp3) is 0.471. The maximum Gasteiger partial charge on any atom is 0.327 e. The average molecular weight is 380 g/mol. The molecule has 9 heteroatoms. The number of hydrogen-bond acceptors (Lipinski definition) is 6. The van der Waals surface area contributed by atoms with Gasteiger partial charge in [-0.25, -0.2) is 4.79 Å². The van der Waals surface area contributed by atoms with Gasteiger partial charge in [-0.15, -0.1) is 11.8 Å². The predicted octanol–water partition coefficient (Wildman–Crippen LogP) is 0.949. The van der Waals surface area contributed by atoms with Gasteiger partial charge in [-0.1, -0.05) is 6.07 Å². The normalized spacial score (nSPS) is 25.9. The van der Waals surface area contributed by atoms with Crippen LogP contribution >= 0.6 is 11.8 Å². The lowest BCUT2D eigenvalue weighted by Crippen LogP contribution is -2.70. The number of rotatable bonds is 5. The number of nitrogens with zero attached hydrogens (tertiary/aromatic N) is 1. The van der Waals surface area contributed by atoms with Crippen LogP contribution in [0.5, 0.6) is 11.5 Å². The first-order valence-electron chi connectivity index (χ1n) is 7.97. The molecule has 2 saturated heterocycles. The van der Waals surface area contributed by atoms with Crippen LogP contribution < -0.4 is 14.8 Å². The molecule has 1 aromatic carbocycles. The molecule has 140 valence electrons. The molecular weight excluding hydrogens is 360 g/mol. The SMILES string of the molecule is COc1cccc(OC)c1C(=O)N[C@@H]1C(=O)N2[C@@H](C(=O)O)C(C)(C)S[C@@H]12. The molecule has 8 nitrogen and oxygen atoms in total. The highest BCUT2D eigenvalue weighted by atomic mass is 32.2. The topological polar surface area (TPSA) is 105 Å². The zero-order valence-electron chi connectivity index (χ0n) is 14.8. The third-order valence-electron chi connectivity index (χ3n) is 4.62. The van der Waals surface area contributed by atoms with Crippen LogP contribution in [0.15, 0.2) is 18.2 Å². The van der Waals surface area contributed by atoms with Gasteiger partial charge in [0.25, 0.3) is 5.91 Å². The number of amides is 2. The van der Waals surface area contributed by atoms with Crippen molar-refractivity contribution in [2.24, 2.45) is 0 Å². The van der Waals surface area contributed by atoms with Crippen molar-refractivity contribution in [3.05, 3.63) is 23.8 Å². The van der Waals surface area contributed by atoms with Gasteiger partial charge in [0, 0.05) is 4.75 Å². The molecule has 0 radical (unpaired) electrons. The summed E-state index contributed by atoms with van der Waals surface area (Å²) in [7, 11) is 2.88. The van der Waals surface area contributed by atoms with Gasteiger partial charge in [0.2, 0.25) is 5.91 Å². The Bertz CT molecular complexity index is 758. The van der Waals surface area contributed by atoms with E-state index in [0.29, 0.717) is 11.5 Å². The van der Waals surface area contributed by atoms with Crippen LogP contribution in [-0.4, -0.2) is 64.2 Å². The molecule has 2 amide bonds. The highest BCUT2D eigenvalue weighted by Gasteiger charge is 2.64. The number of thioether (sulfide) groups is 1. The summed E-state index contributed by atoms with van der Waals surface area (Å²) in [5.41, 5.74) is 0.195. The van der Waals surface area contributed by atoms with Crippen molar-refractivity contribution in [1.29, 1.82) is 0 Å². The molecule has 2 fully saturated rings. The van der Waals surface area contributed by atoms with E-state index in [4.69, 9.17) is 9.47 Å². The fourth-order valence-corrected chi connectivity index (χ4v) is 5.06. The predicted molar refractivity (Wildman–Crippen MR) is 94.5 cm³/mol. The average Bonchev–Trinajstić information content (AvgIpc) is 2.86. The van der Waals surface area contributed by atoms with Gasteiger partial charge in [0.1, 0.15) is 34.5 Å². The number of β-lactam (4-membered cyclic amide) rings is 1. The standard InChI is InChI=1S/C17H20N2O6S/c1-17(2)12(16(22)23)19-14(21)11(15(19)26-17)18-13(20)10-8(24-3)6-5-7-9(10)25-4/h5-7,11-12,15H,1-4H3,(H,18,20)(H,22,23)/t11-,12+,15+/m1/s1. The van der Waals surface area contributed by atoms with E-state index in [1.54, 1.807) is 32.0 Å². The van der Waals surface area contributed by atoms with Gasteiger partial charge in [0.15, 0.2) is 0 Å². The summed E-state index contributed by atoms with van der Waals surface area (Å²) < 4.78 is 9.79. The number of aliphatic carboxylic acids is 1. The number of fused-ring (bicyclic) bond motifs is 1. The van der Waals surface area contributed by atoms with E-state index in [0.717, 1.165) is 0 Å². The van der Waals surface area contributed by atoms with E-state index in [-0.39, 0.29) is 5.56 Å². The Morgan fingerprint density at radius 2 is 1.81 bits per heavy atom. The maximum atomic E-state index is 12.8. The van der Waals surface area contributed by atoms with Crippen molar-refractivity contribution < 1.29 is 29.0 Å². The molecular formula is C17H20N2O6S. The first-order valence-corrected chi connectivity index (χ1v) is 8.85. The van der Waals surface area contributed by atoms with E-state index in [1.807, 2.05) is 0 Å². The first kappa shape index (κ1) is 18.4. The van der Waals surface area contributed by atoms with Gasteiger partial charge in [-0.3, -0.25) is 9.59 Å². The van der Waals surface area contributed by atoms with Gasteiger partial charge < -0.3 is 24.8 Å². The number of ether oxygens (including phenoxy) is 2. The molecule has 2 aliphatic heterocycles. The molecule has 2 aliphatic rings. The Hall–Kier alpha value is -2.42. The van der Waals surface area contributed by atoms with E-state index in [9.17, 15) is 19.5 Å². The number of carboxylic acids is 1. The Labute approximate surface area is 154 Å². The molecule has 0 saturated carbocycles. The number of carboxylic acid groups (broad SMARTS) is 1. The maximum absolute atomic E-state index is 12.8. The summed E-state index contributed by atoms with van der Waals surface area (Å²) in [5.74, 6) is -1.30. The minimum Gasteiger partial charge on any atom is -0.496 e. The van der Waals surface area contributed by atoms with Gasteiger partial charge >= 0.3 is 5.97 Å². The highest BCUT2D eigenvalue weighted by Crippen LogP contribution is 2.50. The van der Waals surface area contributed by atoms with Crippen LogP contribution in [0.25, 0.3) is 0 Å². The molecule has 3 rings (SSSR count). The van der Waals surface area contributed by atoms with E-state index >= 15 is 0 Å². The van der Waals surface area contributed by atoms with E-state index in [2.05, 4.69) is 5.32 Å². The van der Waals surface area contributed by atoms with Crippen LogP contribution in [0.1, 0.15) is 24.2 Å². The van der Waals surface area contributed by atoms with Crippen LogP contribution in [0.3, 0.4) is 0 Å². The summed E-state index contributed by atoms with van der Waals surface area (Å²) in [6.45, 7) is 3.56. The molecule has 1 aromatic rings. The Morgan fingerprint density at radius 1 is 1.23 bits per heavy atom. The molecule has 0 bridgehead atoms. The van der Waals surface area contributed by atoms with Crippen molar-refractivity contribution in [2.75, 3.05) is 14.2 Å². The Morgan fingerprint density at radius 3 is 2.31 bits per heavy atom. The van der Waals surface area contributed by atoms with Crippen LogP contribution in [0, 0.1) is 0 Å². The third kappa shape index (κ3) is 2.66. The van der Waals surface area contributed by atoms with E-state index < -0.39 is 40.0 Å². The summed E-state index contributed by atoms with van der Waals surface area (Å²) in [6.07, 6.45) is 0. The number of benzene rings is 1. The van der Waals surface area contributed by atoms with Crippen molar-refractivity contribution in [1.82, 2.24) is 10.2 Å². The molecule has 2 heterocycles. The lowest BCUT2D eigenvalue weighted by molar-refractivity contribution is -0.159. The zero-order valence-corrected chi connectivity index (χ0v) is 15.6. The van der Waals surface area contributed by atoms with Crippen molar-refractivity contribution in [3.63, 3.8) is 0 Å². The third-order valence-corrected chi connectivity index (χ3v) is 6.19. The monoisotopic (exact) mass is 380 g/mol.